The standard InChI is InChI=1S/C42H24N2O3/c1-2-9-25(10-3-1)26-11-6-12-27(23-26)43(28-19-22-35-32(24-28)29-13-4-5-15-34(29)45-35)33-21-20-31-30-14-7-16-36-39(30)44-40(31)42(33)47-38-18-8-17-37(46-36)41(38)44/h1-24H. The van der Waals surface area contributed by atoms with Crippen LogP contribution in [0, 0.1) is 0 Å². The first-order valence-corrected chi connectivity index (χ1v) is 15.8. The molecule has 2 aliphatic heterocycles. The highest BCUT2D eigenvalue weighted by Gasteiger charge is 2.34. The van der Waals surface area contributed by atoms with Gasteiger partial charge in [0, 0.05) is 32.9 Å². The van der Waals surface area contributed by atoms with Crippen molar-refractivity contribution in [2.45, 2.75) is 0 Å². The molecule has 2 aromatic heterocycles. The van der Waals surface area contributed by atoms with Crippen LogP contribution in [0.3, 0.4) is 0 Å². The third kappa shape index (κ3) is 3.37. The van der Waals surface area contributed by atoms with Gasteiger partial charge in [0.2, 0.25) is 0 Å². The largest absolute Gasteiger partial charge is 0.456 e. The minimum atomic E-state index is 0.769. The lowest BCUT2D eigenvalue weighted by Gasteiger charge is -2.31. The molecule has 0 fully saturated rings. The molecule has 0 saturated heterocycles. The third-order valence-corrected chi connectivity index (χ3v) is 9.54. The molecule has 5 nitrogen and oxygen atoms in total. The summed E-state index contributed by atoms with van der Waals surface area (Å²) in [6.07, 6.45) is 0. The minimum absolute atomic E-state index is 0.769. The van der Waals surface area contributed by atoms with E-state index in [2.05, 4.69) is 119 Å². The number of nitrogens with zero attached hydrogens (tertiary/aromatic N) is 2. The average Bonchev–Trinajstić information content (AvgIpc) is 3.67. The normalized spacial score (nSPS) is 12.6. The maximum atomic E-state index is 6.94. The summed E-state index contributed by atoms with van der Waals surface area (Å²) in [7, 11) is 0. The molecule has 7 aromatic carbocycles. The molecule has 5 heteroatoms. The smallest absolute Gasteiger partial charge is 0.176 e. The predicted molar refractivity (Wildman–Crippen MR) is 188 cm³/mol. The van der Waals surface area contributed by atoms with E-state index in [0.29, 0.717) is 0 Å². The monoisotopic (exact) mass is 604 g/mol. The van der Waals surface area contributed by atoms with Gasteiger partial charge in [-0.25, -0.2) is 0 Å². The molecule has 0 radical (unpaired) electrons. The van der Waals surface area contributed by atoms with E-state index in [1.165, 1.54) is 0 Å². The van der Waals surface area contributed by atoms with Crippen LogP contribution < -0.4 is 14.4 Å². The lowest BCUT2D eigenvalue weighted by atomic mass is 10.0. The van der Waals surface area contributed by atoms with Gasteiger partial charge in [0.25, 0.3) is 0 Å². The Bertz CT molecular complexity index is 2760. The maximum absolute atomic E-state index is 6.94. The number of ether oxygens (including phenoxy) is 2. The minimum Gasteiger partial charge on any atom is -0.456 e. The maximum Gasteiger partial charge on any atom is 0.176 e. The van der Waals surface area contributed by atoms with Crippen LogP contribution in [0.5, 0.6) is 23.0 Å². The van der Waals surface area contributed by atoms with E-state index in [4.69, 9.17) is 13.9 Å². The first-order valence-electron chi connectivity index (χ1n) is 15.8. The van der Waals surface area contributed by atoms with Crippen molar-refractivity contribution in [1.82, 2.24) is 4.57 Å². The van der Waals surface area contributed by atoms with Crippen molar-refractivity contribution in [1.29, 1.82) is 0 Å². The van der Waals surface area contributed by atoms with Gasteiger partial charge in [-0.3, -0.25) is 4.57 Å². The molecule has 0 amide bonds. The molecule has 0 aliphatic carbocycles. The van der Waals surface area contributed by atoms with Gasteiger partial charge in [0.15, 0.2) is 23.0 Å². The van der Waals surface area contributed by atoms with Crippen molar-refractivity contribution < 1.29 is 13.9 Å². The quantitative estimate of drug-likeness (QED) is 0.200. The van der Waals surface area contributed by atoms with Gasteiger partial charge in [0.05, 0.1) is 16.7 Å². The molecule has 0 saturated carbocycles. The van der Waals surface area contributed by atoms with E-state index < -0.39 is 0 Å². The van der Waals surface area contributed by atoms with Gasteiger partial charge >= 0.3 is 0 Å². The van der Waals surface area contributed by atoms with Crippen LogP contribution in [0.25, 0.3) is 60.6 Å². The number of anilines is 3. The van der Waals surface area contributed by atoms with E-state index in [9.17, 15) is 0 Å². The molecule has 11 rings (SSSR count). The Morgan fingerprint density at radius 3 is 2.09 bits per heavy atom. The van der Waals surface area contributed by atoms with Crippen LogP contribution in [-0.2, 0) is 0 Å². The summed E-state index contributed by atoms with van der Waals surface area (Å²) in [5.74, 6) is 3.21. The zero-order valence-corrected chi connectivity index (χ0v) is 25.0. The van der Waals surface area contributed by atoms with Crippen LogP contribution in [-0.4, -0.2) is 4.57 Å². The number of para-hydroxylation sites is 3. The van der Waals surface area contributed by atoms with Crippen LogP contribution in [0.1, 0.15) is 0 Å². The molecule has 0 spiro atoms. The molecule has 9 aromatic rings. The predicted octanol–water partition coefficient (Wildman–Crippen LogP) is 12.0. The lowest BCUT2D eigenvalue weighted by molar-refractivity contribution is 0.444. The highest BCUT2D eigenvalue weighted by atomic mass is 16.5. The number of rotatable bonds is 4. The number of hydrogen-bond donors (Lipinski definition) is 0. The Balaban J connectivity index is 1.23. The second-order valence-corrected chi connectivity index (χ2v) is 12.1. The third-order valence-electron chi connectivity index (χ3n) is 9.54. The fourth-order valence-electron chi connectivity index (χ4n) is 7.52. The first kappa shape index (κ1) is 24.8. The molecule has 0 atom stereocenters. The van der Waals surface area contributed by atoms with Crippen molar-refractivity contribution in [2.75, 3.05) is 4.90 Å². The average molecular weight is 605 g/mol. The summed E-state index contributed by atoms with van der Waals surface area (Å²) in [5.41, 5.74) is 10.0. The van der Waals surface area contributed by atoms with Crippen LogP contribution in [0.2, 0.25) is 0 Å². The van der Waals surface area contributed by atoms with Crippen molar-refractivity contribution >= 4 is 60.8 Å². The molecule has 4 heterocycles. The number of fused-ring (bicyclic) bond motifs is 4. The summed E-state index contributed by atoms with van der Waals surface area (Å²) in [6, 6.07) is 50.6. The summed E-state index contributed by atoms with van der Waals surface area (Å²) >= 11 is 0. The van der Waals surface area contributed by atoms with E-state index in [-0.39, 0.29) is 0 Å². The van der Waals surface area contributed by atoms with Crippen molar-refractivity contribution in [2.24, 2.45) is 0 Å². The van der Waals surface area contributed by atoms with E-state index in [1.54, 1.807) is 0 Å². The highest BCUT2D eigenvalue weighted by molar-refractivity contribution is 6.16. The molecule has 0 unspecified atom stereocenters. The Kier molecular flexibility index (Phi) is 4.78. The van der Waals surface area contributed by atoms with Gasteiger partial charge in [0.1, 0.15) is 16.9 Å². The van der Waals surface area contributed by atoms with E-state index >= 15 is 0 Å². The van der Waals surface area contributed by atoms with Gasteiger partial charge in [-0.2, -0.15) is 0 Å². The molecule has 2 aliphatic rings. The van der Waals surface area contributed by atoms with Gasteiger partial charge in [-0.1, -0.05) is 78.9 Å². The fraction of sp³-hybridized carbons (Fsp3) is 0. The zero-order chi connectivity index (χ0) is 30.6. The summed E-state index contributed by atoms with van der Waals surface area (Å²) in [5, 5.41) is 4.42. The number of aromatic nitrogens is 1. The number of hydrogen-bond acceptors (Lipinski definition) is 4. The lowest BCUT2D eigenvalue weighted by Crippen LogP contribution is -2.14. The number of furan rings is 1. The SMILES string of the molecule is c1ccc(-c2cccc(N(c3ccc4oc5ccccc5c4c3)c3ccc4c5cccc6c5n5c4c3Oc3cccc(c3-5)O6)c2)cc1. The Morgan fingerprint density at radius 1 is 0.447 bits per heavy atom. The molecular weight excluding hydrogens is 580 g/mol. The van der Waals surface area contributed by atoms with Crippen molar-refractivity contribution in [3.63, 3.8) is 0 Å². The molecule has 47 heavy (non-hydrogen) atoms. The summed E-state index contributed by atoms with van der Waals surface area (Å²) < 4.78 is 21.9. The molecule has 0 N–H and O–H groups in total. The fourth-order valence-corrected chi connectivity index (χ4v) is 7.52. The van der Waals surface area contributed by atoms with Crippen molar-refractivity contribution in [3.8, 4) is 39.8 Å². The van der Waals surface area contributed by atoms with Crippen LogP contribution >= 0.6 is 0 Å². The second-order valence-electron chi connectivity index (χ2n) is 12.1. The Morgan fingerprint density at radius 2 is 1.15 bits per heavy atom. The Labute approximate surface area is 269 Å². The topological polar surface area (TPSA) is 39.8 Å². The van der Waals surface area contributed by atoms with Gasteiger partial charge in [-0.15, -0.1) is 0 Å². The second kappa shape index (κ2) is 9.05. The van der Waals surface area contributed by atoms with Crippen LogP contribution in [0.15, 0.2) is 150 Å². The van der Waals surface area contributed by atoms with Gasteiger partial charge in [-0.05, 0) is 77.9 Å². The molecule has 0 bridgehead atoms. The summed E-state index contributed by atoms with van der Waals surface area (Å²) in [4.78, 5) is 2.31. The zero-order valence-electron chi connectivity index (χ0n) is 25.0. The van der Waals surface area contributed by atoms with Crippen LogP contribution in [0.4, 0.5) is 17.1 Å². The Hall–Kier alpha value is -6.46. The molecular formula is C42H24N2O3. The number of benzene rings is 7. The van der Waals surface area contributed by atoms with Gasteiger partial charge < -0.3 is 18.8 Å². The van der Waals surface area contributed by atoms with E-state index in [0.717, 1.165) is 101 Å². The highest BCUT2D eigenvalue weighted by Crippen LogP contribution is 2.57. The summed E-state index contributed by atoms with van der Waals surface area (Å²) in [6.45, 7) is 0. The van der Waals surface area contributed by atoms with Crippen molar-refractivity contribution in [3.05, 3.63) is 146 Å². The van der Waals surface area contributed by atoms with E-state index in [1.807, 2.05) is 36.4 Å². The molecule has 220 valence electrons. The first-order chi connectivity index (χ1) is 23.3.